The number of halogens is 2. The zero-order valence-corrected chi connectivity index (χ0v) is 23.7. The number of hydrogen-bond acceptors (Lipinski definition) is 6. The highest BCUT2D eigenvalue weighted by atomic mass is 35.5. The predicted octanol–water partition coefficient (Wildman–Crippen LogP) is 6.76. The Kier molecular flexibility index (Phi) is 15.0. The van der Waals surface area contributed by atoms with E-state index in [1.165, 1.54) is 6.92 Å². The summed E-state index contributed by atoms with van der Waals surface area (Å²) < 4.78 is 18.1. The highest BCUT2D eigenvalue weighted by Crippen LogP contribution is 2.33. The van der Waals surface area contributed by atoms with Crippen molar-refractivity contribution in [1.82, 2.24) is 9.88 Å². The second-order valence-electron chi connectivity index (χ2n) is 8.40. The minimum atomic E-state index is -0.979. The molecule has 0 aliphatic carbocycles. The molecule has 0 amide bonds. The number of aromatic nitrogens is 1. The summed E-state index contributed by atoms with van der Waals surface area (Å²) in [5, 5.41) is 18.0. The molecule has 202 valence electrons. The van der Waals surface area contributed by atoms with Gasteiger partial charge in [-0.1, -0.05) is 58.9 Å². The van der Waals surface area contributed by atoms with Crippen LogP contribution in [0.1, 0.15) is 64.3 Å². The lowest BCUT2D eigenvalue weighted by atomic mass is 9.88. The summed E-state index contributed by atoms with van der Waals surface area (Å²) in [6.45, 7) is 20.1. The smallest absolute Gasteiger partial charge is 0.142 e. The summed E-state index contributed by atoms with van der Waals surface area (Å²) in [4.78, 5) is 6.39. The van der Waals surface area contributed by atoms with E-state index in [1.807, 2.05) is 46.8 Å². The highest BCUT2D eigenvalue weighted by molar-refractivity contribution is 6.31. The monoisotopic (exact) mass is 523 g/mol. The first-order chi connectivity index (χ1) is 17.0. The third-order valence-corrected chi connectivity index (χ3v) is 5.48. The second-order valence-corrected chi connectivity index (χ2v) is 8.78. The predicted molar refractivity (Wildman–Crippen MR) is 150 cm³/mol. The van der Waals surface area contributed by atoms with E-state index in [-0.39, 0.29) is 21.8 Å². The number of nitrogens with two attached hydrogens (primary N) is 1. The Morgan fingerprint density at radius 1 is 1.33 bits per heavy atom. The van der Waals surface area contributed by atoms with Gasteiger partial charge >= 0.3 is 0 Å². The van der Waals surface area contributed by atoms with Gasteiger partial charge < -0.3 is 25.6 Å². The number of nitrogens with zero attached hydrogens (tertiary/aromatic N) is 2. The number of ether oxygens (including phenoxy) is 1. The summed E-state index contributed by atoms with van der Waals surface area (Å²) in [5.41, 5.74) is 9.11. The maximum atomic E-state index is 12.8. The van der Waals surface area contributed by atoms with Gasteiger partial charge in [0.05, 0.1) is 24.3 Å². The summed E-state index contributed by atoms with van der Waals surface area (Å²) in [6, 6.07) is 4.24. The molecule has 0 bridgehead atoms. The van der Waals surface area contributed by atoms with Gasteiger partial charge in [-0.15, -0.1) is 0 Å². The summed E-state index contributed by atoms with van der Waals surface area (Å²) in [5.74, 6) is -0.272. The molecule has 6 nitrogen and oxygen atoms in total. The van der Waals surface area contributed by atoms with Crippen LogP contribution in [0, 0.1) is 18.2 Å². The van der Waals surface area contributed by atoms with Gasteiger partial charge in [0.25, 0.3) is 0 Å². The average Bonchev–Trinajstić information content (AvgIpc) is 2.83. The van der Waals surface area contributed by atoms with Crippen LogP contribution < -0.4 is 5.73 Å². The van der Waals surface area contributed by atoms with Crippen LogP contribution >= 0.6 is 11.6 Å². The summed E-state index contributed by atoms with van der Waals surface area (Å²) in [7, 11) is 2.07. The van der Waals surface area contributed by atoms with Crippen LogP contribution in [0.25, 0.3) is 5.57 Å². The zero-order chi connectivity index (χ0) is 28.1. The summed E-state index contributed by atoms with van der Waals surface area (Å²) >= 11 is 5.50. The van der Waals surface area contributed by atoms with Gasteiger partial charge in [0.2, 0.25) is 0 Å². The zero-order valence-electron chi connectivity index (χ0n) is 22.9. The van der Waals surface area contributed by atoms with E-state index in [2.05, 4.69) is 36.6 Å². The van der Waals surface area contributed by atoms with Crippen LogP contribution in [0.3, 0.4) is 0 Å². The molecule has 1 fully saturated rings. The minimum Gasteiger partial charge on any atom is -0.508 e. The van der Waals surface area contributed by atoms with Gasteiger partial charge in [-0.3, -0.25) is 0 Å². The number of rotatable bonds is 6. The molecule has 1 unspecified atom stereocenters. The van der Waals surface area contributed by atoms with Crippen molar-refractivity contribution in [1.29, 1.82) is 0 Å². The molecule has 36 heavy (non-hydrogen) atoms. The van der Waals surface area contributed by atoms with Gasteiger partial charge in [0, 0.05) is 42.5 Å². The van der Waals surface area contributed by atoms with Gasteiger partial charge in [-0.05, 0) is 43.2 Å². The number of nitrogen functional groups attached to an aromatic ring is 1. The number of phenolic OH excluding ortho intramolecular Hbond substituents is 1. The maximum Gasteiger partial charge on any atom is 0.142 e. The van der Waals surface area contributed by atoms with Crippen LogP contribution in [0.4, 0.5) is 10.2 Å². The molecule has 2 heterocycles. The van der Waals surface area contributed by atoms with E-state index in [0.717, 1.165) is 48.6 Å². The number of allylic oxidation sites excluding steroid dienone is 2. The van der Waals surface area contributed by atoms with Crippen LogP contribution in [0.15, 0.2) is 43.3 Å². The van der Waals surface area contributed by atoms with E-state index in [9.17, 15) is 9.50 Å². The number of hydrogen-bond donors (Lipinski definition) is 3. The first kappa shape index (κ1) is 33.4. The third kappa shape index (κ3) is 9.80. The van der Waals surface area contributed by atoms with Crippen molar-refractivity contribution in [3.8, 4) is 5.75 Å². The maximum absolute atomic E-state index is 12.8. The van der Waals surface area contributed by atoms with Crippen LogP contribution in [0.5, 0.6) is 5.75 Å². The third-order valence-electron chi connectivity index (χ3n) is 5.09. The Bertz CT molecular complexity index is 992. The van der Waals surface area contributed by atoms with E-state index in [4.69, 9.17) is 27.2 Å². The fraction of sp³-hybridized carbons (Fsp3) is 0.464. The molecule has 4 N–H and O–H groups in total. The van der Waals surface area contributed by atoms with Crippen molar-refractivity contribution in [3.05, 3.63) is 70.8 Å². The van der Waals surface area contributed by atoms with Crippen molar-refractivity contribution in [2.24, 2.45) is 5.41 Å². The molecular formula is C28H43ClFN3O3. The van der Waals surface area contributed by atoms with Gasteiger partial charge in [-0.2, -0.15) is 0 Å². The average molecular weight is 524 g/mol. The van der Waals surface area contributed by atoms with Gasteiger partial charge in [0.1, 0.15) is 17.4 Å². The molecule has 0 radical (unpaired) electrons. The molecule has 3 rings (SSSR count). The van der Waals surface area contributed by atoms with Crippen molar-refractivity contribution in [2.45, 2.75) is 54.6 Å². The fourth-order valence-electron chi connectivity index (χ4n) is 3.37. The molecule has 1 aliphatic rings. The van der Waals surface area contributed by atoms with Crippen molar-refractivity contribution >= 4 is 23.0 Å². The lowest BCUT2D eigenvalue weighted by Gasteiger charge is -2.40. The van der Waals surface area contributed by atoms with Crippen molar-refractivity contribution < 1.29 is 19.3 Å². The fourth-order valence-corrected chi connectivity index (χ4v) is 3.69. The molecule has 1 saturated heterocycles. The molecule has 2 aromatic rings. The number of pyridine rings is 1. The van der Waals surface area contributed by atoms with Crippen LogP contribution in [0.2, 0.25) is 5.02 Å². The van der Waals surface area contributed by atoms with Gasteiger partial charge in [0.15, 0.2) is 0 Å². The van der Waals surface area contributed by atoms with Crippen molar-refractivity contribution in [2.75, 3.05) is 32.5 Å². The van der Waals surface area contributed by atoms with E-state index < -0.39 is 11.9 Å². The molecular weight excluding hydrogens is 481 g/mol. The SMILES string of the molecule is C=C/C(=C\N(C)CC1(C)COC1)c1cnc(N)c(C)c1.CC.CC.CC(O)c1c(O)ccc(F)c1Cl. The van der Waals surface area contributed by atoms with E-state index in [0.29, 0.717) is 5.82 Å². The Labute approximate surface area is 221 Å². The molecule has 8 heteroatoms. The number of anilines is 1. The Hall–Kier alpha value is -2.61. The van der Waals surface area contributed by atoms with E-state index in [1.54, 1.807) is 6.20 Å². The van der Waals surface area contributed by atoms with Crippen LogP contribution in [-0.4, -0.2) is 46.9 Å². The normalized spacial score (nSPS) is 14.4. The Morgan fingerprint density at radius 3 is 2.33 bits per heavy atom. The summed E-state index contributed by atoms with van der Waals surface area (Å²) in [6.07, 6.45) is 4.76. The quantitative estimate of drug-likeness (QED) is 0.362. The molecule has 1 aromatic carbocycles. The first-order valence-corrected chi connectivity index (χ1v) is 12.5. The Morgan fingerprint density at radius 2 is 1.92 bits per heavy atom. The molecule has 0 spiro atoms. The number of phenols is 1. The number of aryl methyl sites for hydroxylation is 1. The topological polar surface area (TPSA) is 91.8 Å². The molecule has 1 aromatic heterocycles. The highest BCUT2D eigenvalue weighted by Gasteiger charge is 2.34. The number of aromatic hydroxyl groups is 1. The lowest BCUT2D eigenvalue weighted by molar-refractivity contribution is -0.108. The van der Waals surface area contributed by atoms with Gasteiger partial charge in [-0.25, -0.2) is 9.37 Å². The molecule has 0 saturated carbocycles. The van der Waals surface area contributed by atoms with Crippen molar-refractivity contribution in [3.63, 3.8) is 0 Å². The molecule has 1 aliphatic heterocycles. The number of aliphatic hydroxyl groups is 1. The first-order valence-electron chi connectivity index (χ1n) is 12.2. The molecule has 1 atom stereocenters. The number of aliphatic hydroxyl groups excluding tert-OH is 1. The lowest BCUT2D eigenvalue weighted by Crippen LogP contribution is -2.46. The van der Waals surface area contributed by atoms with E-state index >= 15 is 0 Å². The Balaban J connectivity index is 0.000000655. The van der Waals surface area contributed by atoms with Crippen LogP contribution in [-0.2, 0) is 4.74 Å². The standard InChI is InChI=1S/C16H23N3O.C8H8ClFO2.2C2H6/c1-5-13(14-6-12(2)15(17)18-7-14)8-19(4)9-16(3)10-20-11-16;1-4(11)7-6(12)3-2-5(10)8(7)9;2*1-2/h5-8H,1,9-11H2,2-4H3,(H2,17,18);2-4,11-12H,1H3;2*1-2H3/b13-8+;;;. The number of benzene rings is 1. The second kappa shape index (κ2) is 16.2. The minimum absolute atomic E-state index is 0.0247. The largest absolute Gasteiger partial charge is 0.508 e.